The third-order valence-corrected chi connectivity index (χ3v) is 1.96. The van der Waals surface area contributed by atoms with Crippen LogP contribution in [-0.2, 0) is 4.79 Å². The van der Waals surface area contributed by atoms with E-state index >= 15 is 0 Å². The molecule has 0 amide bonds. The molecular formula is C11H14O. The van der Waals surface area contributed by atoms with Gasteiger partial charge in [-0.3, -0.25) is 4.79 Å². The van der Waals surface area contributed by atoms with Crippen molar-refractivity contribution in [1.29, 1.82) is 0 Å². The third-order valence-electron chi connectivity index (χ3n) is 1.96. The molecule has 0 spiro atoms. The van der Waals surface area contributed by atoms with Crippen LogP contribution >= 0.6 is 0 Å². The Morgan fingerprint density at radius 1 is 1.58 bits per heavy atom. The van der Waals surface area contributed by atoms with E-state index in [-0.39, 0.29) is 5.78 Å². The Bertz CT molecular complexity index is 256. The van der Waals surface area contributed by atoms with Gasteiger partial charge in [-0.05, 0) is 12.5 Å². The second-order valence-corrected chi connectivity index (χ2v) is 2.97. The van der Waals surface area contributed by atoms with Crippen LogP contribution < -0.4 is 0 Å². The summed E-state index contributed by atoms with van der Waals surface area (Å²) in [5.41, 5.74) is 0.903. The molecule has 0 aliphatic heterocycles. The molecule has 1 aliphatic carbocycles. The highest BCUT2D eigenvalue weighted by atomic mass is 16.1. The van der Waals surface area contributed by atoms with E-state index in [9.17, 15) is 4.79 Å². The summed E-state index contributed by atoms with van der Waals surface area (Å²) in [5.74, 6) is 0.447. The maximum Gasteiger partial charge on any atom is 0.182 e. The van der Waals surface area contributed by atoms with Gasteiger partial charge in [-0.25, -0.2) is 0 Å². The summed E-state index contributed by atoms with van der Waals surface area (Å²) in [6.45, 7) is 4.11. The van der Waals surface area contributed by atoms with Gasteiger partial charge in [0.2, 0.25) is 0 Å². The molecule has 0 heterocycles. The Hall–Kier alpha value is -1.11. The van der Waals surface area contributed by atoms with Crippen molar-refractivity contribution < 1.29 is 4.79 Å². The summed E-state index contributed by atoms with van der Waals surface area (Å²) in [4.78, 5) is 11.2. The molecule has 0 bridgehead atoms. The zero-order valence-corrected chi connectivity index (χ0v) is 7.58. The Balaban J connectivity index is 2.69. The number of hydrogen-bond donors (Lipinski definition) is 0. The first-order valence-corrected chi connectivity index (χ1v) is 4.35. The van der Waals surface area contributed by atoms with E-state index in [1.165, 1.54) is 0 Å². The van der Waals surface area contributed by atoms with Crippen molar-refractivity contribution in [3.63, 3.8) is 0 Å². The van der Waals surface area contributed by atoms with Gasteiger partial charge in [0.05, 0.1) is 0 Å². The minimum absolute atomic E-state index is 0.156. The van der Waals surface area contributed by atoms with Crippen LogP contribution in [0.4, 0.5) is 0 Å². The smallest absolute Gasteiger partial charge is 0.182 e. The quantitative estimate of drug-likeness (QED) is 0.570. The maximum absolute atomic E-state index is 11.2. The summed E-state index contributed by atoms with van der Waals surface area (Å²) in [7, 11) is 0. The van der Waals surface area contributed by atoms with Gasteiger partial charge in [-0.15, -0.1) is 0 Å². The van der Waals surface area contributed by atoms with Gasteiger partial charge in [0.15, 0.2) is 5.78 Å². The second kappa shape index (κ2) is 4.05. The van der Waals surface area contributed by atoms with Crippen molar-refractivity contribution in [1.82, 2.24) is 0 Å². The number of carbonyl (C=O) groups excluding carboxylic acids is 1. The van der Waals surface area contributed by atoms with E-state index in [0.29, 0.717) is 5.92 Å². The predicted molar refractivity (Wildman–Crippen MR) is 50.8 cm³/mol. The van der Waals surface area contributed by atoms with Gasteiger partial charge in [0, 0.05) is 11.5 Å². The lowest BCUT2D eigenvalue weighted by Gasteiger charge is -1.99. The summed E-state index contributed by atoms with van der Waals surface area (Å²) in [6.07, 6.45) is 10.5. The SMILES string of the molecule is CC/C=C/C=C1/C(=O)C=C[C@H]1C. The number of rotatable bonds is 2. The molecule has 64 valence electrons. The highest BCUT2D eigenvalue weighted by Gasteiger charge is 2.17. The van der Waals surface area contributed by atoms with Gasteiger partial charge in [-0.2, -0.15) is 0 Å². The molecule has 0 unspecified atom stereocenters. The molecule has 0 saturated heterocycles. The third kappa shape index (κ3) is 1.94. The number of carbonyl (C=O) groups is 1. The molecule has 1 heteroatoms. The van der Waals surface area contributed by atoms with Crippen molar-refractivity contribution >= 4 is 5.78 Å². The molecule has 12 heavy (non-hydrogen) atoms. The van der Waals surface area contributed by atoms with Crippen LogP contribution in [0, 0.1) is 5.92 Å². The van der Waals surface area contributed by atoms with Crippen molar-refractivity contribution in [2.75, 3.05) is 0 Å². The summed E-state index contributed by atoms with van der Waals surface area (Å²) in [5, 5.41) is 0. The zero-order chi connectivity index (χ0) is 8.97. The van der Waals surface area contributed by atoms with Gasteiger partial charge < -0.3 is 0 Å². The number of ketones is 1. The molecule has 0 aromatic rings. The molecule has 0 saturated carbocycles. The normalized spacial score (nSPS) is 26.3. The van der Waals surface area contributed by atoms with Crippen LogP contribution in [-0.4, -0.2) is 5.78 Å². The highest BCUT2D eigenvalue weighted by molar-refractivity contribution is 6.07. The number of hydrogen-bond acceptors (Lipinski definition) is 1. The molecule has 0 aromatic heterocycles. The summed E-state index contributed by atoms with van der Waals surface area (Å²) >= 11 is 0. The minimum Gasteiger partial charge on any atom is -0.290 e. The van der Waals surface area contributed by atoms with Crippen LogP contribution in [0.25, 0.3) is 0 Å². The lowest BCUT2D eigenvalue weighted by molar-refractivity contribution is -0.111. The molecule has 1 atom stereocenters. The first-order valence-electron chi connectivity index (χ1n) is 4.35. The fraction of sp³-hybridized carbons (Fsp3) is 0.364. The molecule has 0 radical (unpaired) electrons. The van der Waals surface area contributed by atoms with Crippen LogP contribution in [0.2, 0.25) is 0 Å². The van der Waals surface area contributed by atoms with E-state index < -0.39 is 0 Å². The molecule has 0 aromatic carbocycles. The van der Waals surface area contributed by atoms with E-state index in [4.69, 9.17) is 0 Å². The van der Waals surface area contributed by atoms with Crippen molar-refractivity contribution in [3.05, 3.63) is 36.0 Å². The standard InChI is InChI=1S/C11H14O/c1-3-4-5-6-10-9(2)7-8-11(10)12/h4-9H,3H2,1-2H3/b5-4+,10-6+/t9-/m1/s1. The summed E-state index contributed by atoms with van der Waals surface area (Å²) in [6, 6.07) is 0. The van der Waals surface area contributed by atoms with Gasteiger partial charge in [0.25, 0.3) is 0 Å². The Kier molecular flexibility index (Phi) is 3.03. The molecule has 1 nitrogen and oxygen atoms in total. The Morgan fingerprint density at radius 2 is 2.33 bits per heavy atom. The molecule has 0 N–H and O–H groups in total. The van der Waals surface area contributed by atoms with Crippen molar-refractivity contribution in [3.8, 4) is 0 Å². The lowest BCUT2D eigenvalue weighted by Crippen LogP contribution is -1.97. The predicted octanol–water partition coefficient (Wildman–Crippen LogP) is 2.65. The Labute approximate surface area is 73.5 Å². The van der Waals surface area contributed by atoms with E-state index in [2.05, 4.69) is 6.92 Å². The van der Waals surface area contributed by atoms with Crippen molar-refractivity contribution in [2.24, 2.45) is 5.92 Å². The number of allylic oxidation sites excluding steroid dienone is 6. The van der Waals surface area contributed by atoms with Crippen LogP contribution in [0.3, 0.4) is 0 Å². The van der Waals surface area contributed by atoms with E-state index in [1.54, 1.807) is 6.08 Å². The fourth-order valence-electron chi connectivity index (χ4n) is 1.20. The fourth-order valence-corrected chi connectivity index (χ4v) is 1.20. The van der Waals surface area contributed by atoms with Crippen LogP contribution in [0.1, 0.15) is 20.3 Å². The van der Waals surface area contributed by atoms with Gasteiger partial charge >= 0.3 is 0 Å². The average Bonchev–Trinajstić information content (AvgIpc) is 2.35. The topological polar surface area (TPSA) is 17.1 Å². The highest BCUT2D eigenvalue weighted by Crippen LogP contribution is 2.20. The Morgan fingerprint density at radius 3 is 2.83 bits per heavy atom. The second-order valence-electron chi connectivity index (χ2n) is 2.97. The van der Waals surface area contributed by atoms with Crippen molar-refractivity contribution in [2.45, 2.75) is 20.3 Å². The first kappa shape index (κ1) is 8.98. The monoisotopic (exact) mass is 162 g/mol. The molecule has 0 fully saturated rings. The van der Waals surface area contributed by atoms with Gasteiger partial charge in [-0.1, -0.05) is 38.2 Å². The van der Waals surface area contributed by atoms with Crippen LogP contribution in [0.5, 0.6) is 0 Å². The molecule has 1 aliphatic rings. The lowest BCUT2D eigenvalue weighted by atomic mass is 10.0. The zero-order valence-electron chi connectivity index (χ0n) is 7.58. The summed E-state index contributed by atoms with van der Waals surface area (Å²) < 4.78 is 0. The largest absolute Gasteiger partial charge is 0.290 e. The molecular weight excluding hydrogens is 148 g/mol. The minimum atomic E-state index is 0.156. The average molecular weight is 162 g/mol. The van der Waals surface area contributed by atoms with Crippen LogP contribution in [0.15, 0.2) is 36.0 Å². The molecule has 1 rings (SSSR count). The maximum atomic E-state index is 11.2. The van der Waals surface area contributed by atoms with Gasteiger partial charge in [0.1, 0.15) is 0 Å². The first-order chi connectivity index (χ1) is 5.75. The van der Waals surface area contributed by atoms with E-state index in [0.717, 1.165) is 12.0 Å². The van der Waals surface area contributed by atoms with E-state index in [1.807, 2.05) is 31.2 Å².